The number of oxazole rings is 1. The molecule has 1 amide bonds. The largest absolute Gasteiger partial charge is 0.440 e. The molecule has 4 aromatic rings. The third kappa shape index (κ3) is 4.41. The third-order valence-electron chi connectivity index (χ3n) is 6.33. The number of carbonyl (C=O) groups excluding carboxylic acids is 1. The number of amides is 1. The Labute approximate surface area is 197 Å². The van der Waals surface area contributed by atoms with E-state index in [2.05, 4.69) is 16.7 Å². The smallest absolute Gasteiger partial charge is 0.229 e. The van der Waals surface area contributed by atoms with Gasteiger partial charge in [-0.1, -0.05) is 41.9 Å². The topological polar surface area (TPSA) is 71.5 Å². The summed E-state index contributed by atoms with van der Waals surface area (Å²) in [6.45, 7) is 1.20. The van der Waals surface area contributed by atoms with Crippen LogP contribution in [0.15, 0.2) is 59.1 Å². The second kappa shape index (κ2) is 9.04. The first kappa shape index (κ1) is 21.7. The van der Waals surface area contributed by atoms with E-state index in [-0.39, 0.29) is 12.0 Å². The predicted molar refractivity (Wildman–Crippen MR) is 129 cm³/mol. The molecule has 1 fully saturated rings. The fraction of sp³-hybridized carbons (Fsp3) is 0.308. The number of hydrogen-bond acceptors (Lipinski definition) is 4. The zero-order valence-corrected chi connectivity index (χ0v) is 19.3. The van der Waals surface area contributed by atoms with Gasteiger partial charge in [-0.05, 0) is 31.0 Å². The minimum absolute atomic E-state index is 0.0760. The van der Waals surface area contributed by atoms with Gasteiger partial charge >= 0.3 is 0 Å². The summed E-state index contributed by atoms with van der Waals surface area (Å²) in [7, 11) is 2.00. The zero-order valence-electron chi connectivity index (χ0n) is 18.5. The fourth-order valence-corrected chi connectivity index (χ4v) is 4.60. The van der Waals surface area contributed by atoms with Crippen molar-refractivity contribution in [3.05, 3.63) is 65.5 Å². The maximum absolute atomic E-state index is 12.8. The molecule has 0 atom stereocenters. The van der Waals surface area contributed by atoms with Crippen LogP contribution >= 0.6 is 11.6 Å². The Balaban J connectivity index is 1.47. The van der Waals surface area contributed by atoms with Gasteiger partial charge in [-0.3, -0.25) is 4.79 Å². The standard InChI is InChI=1S/C26H26ClN3O3/c1-29-16-21(20-4-2-3-5-22(20)29)26-28-25(17-6-8-18(27)9-7-17)23(33-26)10-11-24(32)30-14-12-19(31)13-15-30/h2-9,16,19,31H,10-15H2,1H3. The minimum Gasteiger partial charge on any atom is -0.440 e. The number of aliphatic hydroxyl groups is 1. The molecule has 0 aliphatic carbocycles. The van der Waals surface area contributed by atoms with Crippen LogP contribution < -0.4 is 0 Å². The van der Waals surface area contributed by atoms with E-state index in [0.717, 1.165) is 27.7 Å². The van der Waals surface area contributed by atoms with E-state index >= 15 is 0 Å². The lowest BCUT2D eigenvalue weighted by molar-refractivity contribution is -0.133. The summed E-state index contributed by atoms with van der Waals surface area (Å²) in [6, 6.07) is 15.6. The summed E-state index contributed by atoms with van der Waals surface area (Å²) in [6.07, 6.45) is 3.78. The molecule has 33 heavy (non-hydrogen) atoms. The van der Waals surface area contributed by atoms with Crippen LogP contribution in [0.25, 0.3) is 33.6 Å². The van der Waals surface area contributed by atoms with Gasteiger partial charge in [0.2, 0.25) is 11.8 Å². The Morgan fingerprint density at radius 2 is 1.88 bits per heavy atom. The summed E-state index contributed by atoms with van der Waals surface area (Å²) in [5.74, 6) is 1.30. The highest BCUT2D eigenvalue weighted by Crippen LogP contribution is 2.35. The lowest BCUT2D eigenvalue weighted by Gasteiger charge is -2.29. The fourth-order valence-electron chi connectivity index (χ4n) is 4.48. The molecule has 0 bridgehead atoms. The molecule has 1 aliphatic rings. The van der Waals surface area contributed by atoms with Crippen molar-refractivity contribution >= 4 is 28.4 Å². The minimum atomic E-state index is -0.303. The van der Waals surface area contributed by atoms with Gasteiger partial charge in [0.25, 0.3) is 0 Å². The SMILES string of the molecule is Cn1cc(-c2nc(-c3ccc(Cl)cc3)c(CCC(=O)N3CCC(O)CC3)o2)c2ccccc21. The molecule has 0 saturated carbocycles. The Bertz CT molecular complexity index is 1280. The first-order valence-corrected chi connectivity index (χ1v) is 11.6. The number of hydrogen-bond donors (Lipinski definition) is 1. The summed E-state index contributed by atoms with van der Waals surface area (Å²) < 4.78 is 8.35. The third-order valence-corrected chi connectivity index (χ3v) is 6.58. The first-order valence-electron chi connectivity index (χ1n) is 11.3. The molecular weight excluding hydrogens is 438 g/mol. The number of halogens is 1. The highest BCUT2D eigenvalue weighted by molar-refractivity contribution is 6.30. The number of aryl methyl sites for hydroxylation is 2. The second-order valence-corrected chi connectivity index (χ2v) is 9.02. The monoisotopic (exact) mass is 463 g/mol. The van der Waals surface area contributed by atoms with Gasteiger partial charge < -0.3 is 19.0 Å². The van der Waals surface area contributed by atoms with Gasteiger partial charge in [-0.15, -0.1) is 0 Å². The van der Waals surface area contributed by atoms with Crippen LogP contribution in [0, 0.1) is 0 Å². The van der Waals surface area contributed by atoms with Gasteiger partial charge in [0.1, 0.15) is 11.5 Å². The number of nitrogens with zero attached hydrogens (tertiary/aromatic N) is 3. The van der Waals surface area contributed by atoms with Crippen LogP contribution in [0.3, 0.4) is 0 Å². The summed E-state index contributed by atoms with van der Waals surface area (Å²) >= 11 is 6.09. The van der Waals surface area contributed by atoms with Crippen LogP contribution in [0.5, 0.6) is 0 Å². The predicted octanol–water partition coefficient (Wildman–Crippen LogP) is 5.07. The lowest BCUT2D eigenvalue weighted by atomic mass is 10.1. The molecule has 2 aromatic heterocycles. The number of aliphatic hydroxyl groups excluding tert-OH is 1. The van der Waals surface area contributed by atoms with Crippen molar-refractivity contribution in [1.82, 2.24) is 14.5 Å². The molecule has 0 unspecified atom stereocenters. The molecule has 6 nitrogen and oxygen atoms in total. The normalized spacial score (nSPS) is 14.8. The molecule has 7 heteroatoms. The molecular formula is C26H26ClN3O3. The summed E-state index contributed by atoms with van der Waals surface area (Å²) in [5, 5.41) is 11.4. The Morgan fingerprint density at radius 3 is 2.64 bits per heavy atom. The van der Waals surface area contributed by atoms with Crippen molar-refractivity contribution in [2.45, 2.75) is 31.8 Å². The summed E-state index contributed by atoms with van der Waals surface area (Å²) in [5.41, 5.74) is 3.66. The van der Waals surface area contributed by atoms with Crippen molar-refractivity contribution in [2.75, 3.05) is 13.1 Å². The van der Waals surface area contributed by atoms with Crippen LogP contribution in [-0.2, 0) is 18.3 Å². The van der Waals surface area contributed by atoms with E-state index in [1.54, 1.807) is 0 Å². The highest BCUT2D eigenvalue weighted by Gasteiger charge is 2.24. The molecule has 5 rings (SSSR count). The molecule has 1 aliphatic heterocycles. The number of fused-ring (bicyclic) bond motifs is 1. The molecule has 1 saturated heterocycles. The van der Waals surface area contributed by atoms with E-state index in [1.165, 1.54) is 0 Å². The molecule has 0 radical (unpaired) electrons. The Kier molecular flexibility index (Phi) is 5.96. The van der Waals surface area contributed by atoms with Crippen molar-refractivity contribution < 1.29 is 14.3 Å². The average molecular weight is 464 g/mol. The van der Waals surface area contributed by atoms with E-state index in [9.17, 15) is 9.90 Å². The molecule has 1 N–H and O–H groups in total. The van der Waals surface area contributed by atoms with Crippen molar-refractivity contribution in [1.29, 1.82) is 0 Å². The second-order valence-electron chi connectivity index (χ2n) is 8.58. The zero-order chi connectivity index (χ0) is 22.9. The van der Waals surface area contributed by atoms with Crippen LogP contribution in [0.4, 0.5) is 0 Å². The van der Waals surface area contributed by atoms with Gasteiger partial charge in [-0.2, -0.15) is 0 Å². The van der Waals surface area contributed by atoms with Crippen LogP contribution in [0.2, 0.25) is 5.02 Å². The number of likely N-dealkylation sites (tertiary alicyclic amines) is 1. The summed E-state index contributed by atoms with van der Waals surface area (Å²) in [4.78, 5) is 19.5. The van der Waals surface area contributed by atoms with Gasteiger partial charge in [0.15, 0.2) is 0 Å². The maximum atomic E-state index is 12.8. The van der Waals surface area contributed by atoms with Crippen LogP contribution in [-0.4, -0.2) is 44.7 Å². The van der Waals surface area contributed by atoms with E-state index < -0.39 is 0 Å². The Hall–Kier alpha value is -3.09. The van der Waals surface area contributed by atoms with E-state index in [4.69, 9.17) is 21.0 Å². The Morgan fingerprint density at radius 1 is 1.15 bits per heavy atom. The van der Waals surface area contributed by atoms with Crippen LogP contribution in [0.1, 0.15) is 25.0 Å². The van der Waals surface area contributed by atoms with E-state index in [0.29, 0.717) is 55.4 Å². The highest BCUT2D eigenvalue weighted by atomic mass is 35.5. The number of aromatic nitrogens is 2. The molecule has 170 valence electrons. The van der Waals surface area contributed by atoms with Gasteiger partial charge in [0.05, 0.1) is 11.7 Å². The van der Waals surface area contributed by atoms with Crippen molar-refractivity contribution in [3.8, 4) is 22.7 Å². The average Bonchev–Trinajstić information content (AvgIpc) is 3.40. The van der Waals surface area contributed by atoms with Gasteiger partial charge in [0, 0.05) is 60.7 Å². The van der Waals surface area contributed by atoms with Gasteiger partial charge in [-0.25, -0.2) is 4.98 Å². The van der Waals surface area contributed by atoms with Crippen molar-refractivity contribution in [2.24, 2.45) is 7.05 Å². The molecule has 2 aromatic carbocycles. The number of benzene rings is 2. The molecule has 3 heterocycles. The van der Waals surface area contributed by atoms with Crippen molar-refractivity contribution in [3.63, 3.8) is 0 Å². The first-order chi connectivity index (χ1) is 16.0. The quantitative estimate of drug-likeness (QED) is 0.448. The van der Waals surface area contributed by atoms with E-state index in [1.807, 2.05) is 54.5 Å². The molecule has 0 spiro atoms. The number of piperidine rings is 1. The number of carbonyl (C=O) groups is 1. The number of para-hydroxylation sites is 1. The maximum Gasteiger partial charge on any atom is 0.229 e. The lowest BCUT2D eigenvalue weighted by Crippen LogP contribution is -2.40. The number of rotatable bonds is 5.